The number of nitro benzene ring substituents is 1. The maximum Gasteiger partial charge on any atom is 0.269 e. The zero-order valence-corrected chi connectivity index (χ0v) is 11.1. The van der Waals surface area contributed by atoms with Crippen molar-refractivity contribution in [3.63, 3.8) is 0 Å². The van der Waals surface area contributed by atoms with Crippen LogP contribution in [0.5, 0.6) is 0 Å². The lowest BCUT2D eigenvalue weighted by molar-refractivity contribution is -0.384. The minimum absolute atomic E-state index is 0.108. The Morgan fingerprint density at radius 3 is 2.67 bits per heavy atom. The van der Waals surface area contributed by atoms with E-state index in [0.29, 0.717) is 0 Å². The Morgan fingerprint density at radius 1 is 1.39 bits per heavy atom. The quantitative estimate of drug-likeness (QED) is 0.516. The lowest BCUT2D eigenvalue weighted by atomic mass is 10.2. The second-order valence-electron chi connectivity index (χ2n) is 3.34. The van der Waals surface area contributed by atoms with Crippen LogP contribution in [0.4, 0.5) is 10.8 Å². The van der Waals surface area contributed by atoms with Gasteiger partial charge in [0.05, 0.1) is 4.92 Å². The highest BCUT2D eigenvalue weighted by Crippen LogP contribution is 2.28. The van der Waals surface area contributed by atoms with Crippen molar-refractivity contribution in [2.24, 2.45) is 0 Å². The molecule has 0 atom stereocenters. The number of benzene rings is 1. The van der Waals surface area contributed by atoms with E-state index in [-0.39, 0.29) is 5.69 Å². The molecule has 0 spiro atoms. The highest BCUT2D eigenvalue weighted by molar-refractivity contribution is 8.00. The van der Waals surface area contributed by atoms with Crippen LogP contribution in [0.15, 0.2) is 28.6 Å². The molecule has 8 heteroatoms. The Kier molecular flexibility index (Phi) is 4.11. The zero-order valence-electron chi connectivity index (χ0n) is 9.49. The van der Waals surface area contributed by atoms with Gasteiger partial charge in [-0.05, 0) is 5.56 Å². The summed E-state index contributed by atoms with van der Waals surface area (Å²) in [6.45, 7) is 0. The Bertz CT molecular complexity index is 541. The van der Waals surface area contributed by atoms with E-state index < -0.39 is 4.92 Å². The predicted octanol–water partition coefficient (Wildman–Crippen LogP) is 2.78. The molecule has 0 saturated carbocycles. The second kappa shape index (κ2) is 5.78. The molecule has 94 valence electrons. The van der Waals surface area contributed by atoms with Gasteiger partial charge in [0.2, 0.25) is 5.13 Å². The van der Waals surface area contributed by atoms with Gasteiger partial charge in [-0.25, -0.2) is 0 Å². The average Bonchev–Trinajstić information content (AvgIpc) is 2.85. The summed E-state index contributed by atoms with van der Waals surface area (Å²) in [6.07, 6.45) is 0. The van der Waals surface area contributed by atoms with Gasteiger partial charge in [-0.1, -0.05) is 35.2 Å². The van der Waals surface area contributed by atoms with E-state index in [1.807, 2.05) is 0 Å². The predicted molar refractivity (Wildman–Crippen MR) is 72.1 cm³/mol. The summed E-state index contributed by atoms with van der Waals surface area (Å²) in [5.41, 5.74) is 1.13. The number of anilines is 1. The van der Waals surface area contributed by atoms with Gasteiger partial charge in [0, 0.05) is 24.9 Å². The first-order chi connectivity index (χ1) is 8.69. The lowest BCUT2D eigenvalue weighted by Gasteiger charge is -1.98. The molecule has 0 aliphatic heterocycles. The van der Waals surface area contributed by atoms with E-state index in [4.69, 9.17) is 0 Å². The van der Waals surface area contributed by atoms with Gasteiger partial charge in [-0.3, -0.25) is 10.1 Å². The minimum atomic E-state index is -0.402. The van der Waals surface area contributed by atoms with Crippen molar-refractivity contribution in [2.75, 3.05) is 12.4 Å². The number of thioether (sulfide) groups is 1. The summed E-state index contributed by atoms with van der Waals surface area (Å²) in [7, 11) is 1.80. The third-order valence-corrected chi connectivity index (χ3v) is 4.28. The van der Waals surface area contributed by atoms with E-state index in [0.717, 1.165) is 20.8 Å². The summed E-state index contributed by atoms with van der Waals surface area (Å²) in [4.78, 5) is 10.1. The molecule has 0 fully saturated rings. The van der Waals surface area contributed by atoms with Gasteiger partial charge in [0.25, 0.3) is 5.69 Å². The van der Waals surface area contributed by atoms with Crippen LogP contribution in [0.1, 0.15) is 5.56 Å². The molecule has 1 N–H and O–H groups in total. The van der Waals surface area contributed by atoms with Gasteiger partial charge in [-0.2, -0.15) is 0 Å². The van der Waals surface area contributed by atoms with E-state index >= 15 is 0 Å². The molecule has 0 bridgehead atoms. The molecule has 1 heterocycles. The molecule has 0 aliphatic rings. The SMILES string of the molecule is CNc1nnc(SCc2ccc([N+](=O)[O-])cc2)s1. The average molecular weight is 282 g/mol. The maximum atomic E-state index is 10.5. The Labute approximate surface area is 112 Å². The first-order valence-electron chi connectivity index (χ1n) is 5.06. The van der Waals surface area contributed by atoms with Crippen molar-refractivity contribution in [1.82, 2.24) is 10.2 Å². The number of hydrogen-bond donors (Lipinski definition) is 1. The number of nitrogens with one attached hydrogen (secondary N) is 1. The van der Waals surface area contributed by atoms with E-state index in [2.05, 4.69) is 15.5 Å². The molecule has 18 heavy (non-hydrogen) atoms. The number of rotatable bonds is 5. The largest absolute Gasteiger partial charge is 0.363 e. The van der Waals surface area contributed by atoms with E-state index in [9.17, 15) is 10.1 Å². The monoisotopic (exact) mass is 282 g/mol. The lowest BCUT2D eigenvalue weighted by Crippen LogP contribution is -1.88. The summed E-state index contributed by atoms with van der Waals surface area (Å²) in [5.74, 6) is 0.719. The molecule has 1 aromatic carbocycles. The van der Waals surface area contributed by atoms with Crippen LogP contribution in [-0.4, -0.2) is 22.2 Å². The van der Waals surface area contributed by atoms with Crippen molar-refractivity contribution in [1.29, 1.82) is 0 Å². The van der Waals surface area contributed by atoms with Crippen LogP contribution in [0.25, 0.3) is 0 Å². The summed E-state index contributed by atoms with van der Waals surface area (Å²) in [5, 5.41) is 22.1. The normalized spacial score (nSPS) is 10.3. The second-order valence-corrected chi connectivity index (χ2v) is 5.54. The number of non-ortho nitro benzene ring substituents is 1. The fourth-order valence-electron chi connectivity index (χ4n) is 1.23. The zero-order chi connectivity index (χ0) is 13.0. The van der Waals surface area contributed by atoms with E-state index in [1.165, 1.54) is 23.5 Å². The van der Waals surface area contributed by atoms with Gasteiger partial charge in [0.15, 0.2) is 4.34 Å². The Hall–Kier alpha value is -1.67. The van der Waals surface area contributed by atoms with Crippen LogP contribution in [-0.2, 0) is 5.75 Å². The molecule has 0 saturated heterocycles. The highest BCUT2D eigenvalue weighted by Gasteiger charge is 2.06. The van der Waals surface area contributed by atoms with Crippen molar-refractivity contribution < 1.29 is 4.92 Å². The summed E-state index contributed by atoms with van der Waals surface area (Å²) >= 11 is 3.04. The molecule has 0 amide bonds. The van der Waals surface area contributed by atoms with E-state index in [1.54, 1.807) is 30.9 Å². The summed E-state index contributed by atoms with van der Waals surface area (Å²) in [6, 6.07) is 6.53. The molecular weight excluding hydrogens is 272 g/mol. The van der Waals surface area contributed by atoms with Gasteiger partial charge in [-0.15, -0.1) is 10.2 Å². The van der Waals surface area contributed by atoms with Crippen molar-refractivity contribution in [3.05, 3.63) is 39.9 Å². The van der Waals surface area contributed by atoms with Gasteiger partial charge < -0.3 is 5.32 Å². The first-order valence-corrected chi connectivity index (χ1v) is 6.86. The van der Waals surface area contributed by atoms with Crippen molar-refractivity contribution in [3.8, 4) is 0 Å². The maximum absolute atomic E-state index is 10.5. The summed E-state index contributed by atoms with van der Waals surface area (Å²) < 4.78 is 0.873. The molecule has 0 radical (unpaired) electrons. The topological polar surface area (TPSA) is 81.0 Å². The van der Waals surface area contributed by atoms with Gasteiger partial charge in [0.1, 0.15) is 0 Å². The fourth-order valence-corrected chi connectivity index (χ4v) is 2.89. The molecule has 1 aromatic heterocycles. The third-order valence-electron chi connectivity index (χ3n) is 2.13. The molecule has 0 aliphatic carbocycles. The number of nitro groups is 1. The number of nitrogens with zero attached hydrogens (tertiary/aromatic N) is 3. The van der Waals surface area contributed by atoms with Crippen LogP contribution in [0.2, 0.25) is 0 Å². The smallest absolute Gasteiger partial charge is 0.269 e. The van der Waals surface area contributed by atoms with Crippen molar-refractivity contribution >= 4 is 33.9 Å². The number of aromatic nitrogens is 2. The van der Waals surface area contributed by atoms with Crippen LogP contribution >= 0.6 is 23.1 Å². The first kappa shape index (κ1) is 12.8. The Morgan fingerprint density at radius 2 is 2.11 bits per heavy atom. The molecule has 2 rings (SSSR count). The third kappa shape index (κ3) is 3.17. The van der Waals surface area contributed by atoms with Crippen LogP contribution in [0.3, 0.4) is 0 Å². The standard InChI is InChI=1S/C10H10N4O2S2/c1-11-9-12-13-10(18-9)17-6-7-2-4-8(5-3-7)14(15)16/h2-5H,6H2,1H3,(H,11,12). The molecule has 0 unspecified atom stereocenters. The van der Waals surface area contributed by atoms with Crippen LogP contribution in [0, 0.1) is 10.1 Å². The molecule has 2 aromatic rings. The minimum Gasteiger partial charge on any atom is -0.363 e. The van der Waals surface area contributed by atoms with Gasteiger partial charge >= 0.3 is 0 Å². The van der Waals surface area contributed by atoms with Crippen molar-refractivity contribution in [2.45, 2.75) is 10.1 Å². The molecular formula is C10H10N4O2S2. The molecule has 6 nitrogen and oxygen atoms in total. The fraction of sp³-hybridized carbons (Fsp3) is 0.200. The number of hydrogen-bond acceptors (Lipinski definition) is 7. The highest BCUT2D eigenvalue weighted by atomic mass is 32.2. The Balaban J connectivity index is 1.95. The van der Waals surface area contributed by atoms with Crippen LogP contribution < -0.4 is 5.32 Å².